The standard InChI is InChI=1S/C27H32N2O5/c1-17(14-26(31)32)28-25(30)15-18-8-2-7-13-24(18)29-27(33)34-16-23-21-11-5-3-9-19(21)20-10-4-6-12-22(20)23/h3-6,9-12,17-18,23-24H,2,7-8,13-16H2,1H3,(H,28,30)(H,29,33)(H,31,32)/t17?,18-,24-/m0/s1. The lowest BCUT2D eigenvalue weighted by Gasteiger charge is -2.32. The molecule has 1 saturated carbocycles. The Kier molecular flexibility index (Phi) is 7.50. The molecule has 3 atom stereocenters. The van der Waals surface area contributed by atoms with E-state index in [4.69, 9.17) is 9.84 Å². The van der Waals surface area contributed by atoms with E-state index in [1.165, 1.54) is 22.3 Å². The topological polar surface area (TPSA) is 105 Å². The molecule has 0 radical (unpaired) electrons. The van der Waals surface area contributed by atoms with Gasteiger partial charge in [-0.05, 0) is 47.9 Å². The molecule has 3 N–H and O–H groups in total. The van der Waals surface area contributed by atoms with Crippen LogP contribution in [0.25, 0.3) is 11.1 Å². The minimum Gasteiger partial charge on any atom is -0.481 e. The Morgan fingerprint density at radius 3 is 2.26 bits per heavy atom. The van der Waals surface area contributed by atoms with E-state index < -0.39 is 18.1 Å². The molecule has 180 valence electrons. The maximum Gasteiger partial charge on any atom is 0.407 e. The molecule has 34 heavy (non-hydrogen) atoms. The molecule has 0 spiro atoms. The van der Waals surface area contributed by atoms with Crippen LogP contribution in [0.15, 0.2) is 48.5 Å². The normalized spacial score (nSPS) is 20.0. The van der Waals surface area contributed by atoms with Gasteiger partial charge in [0, 0.05) is 24.4 Å². The molecule has 0 aromatic heterocycles. The molecule has 7 nitrogen and oxygen atoms in total. The van der Waals surface area contributed by atoms with E-state index in [9.17, 15) is 14.4 Å². The van der Waals surface area contributed by atoms with Crippen molar-refractivity contribution in [1.29, 1.82) is 0 Å². The Morgan fingerprint density at radius 2 is 1.62 bits per heavy atom. The molecule has 1 fully saturated rings. The number of alkyl carbamates (subject to hydrolysis) is 1. The van der Waals surface area contributed by atoms with Crippen LogP contribution in [0.2, 0.25) is 0 Å². The summed E-state index contributed by atoms with van der Waals surface area (Å²) in [4.78, 5) is 36.0. The summed E-state index contributed by atoms with van der Waals surface area (Å²) < 4.78 is 5.69. The van der Waals surface area contributed by atoms with Crippen molar-refractivity contribution in [3.05, 3.63) is 59.7 Å². The number of carboxylic acid groups (broad SMARTS) is 1. The largest absolute Gasteiger partial charge is 0.481 e. The smallest absolute Gasteiger partial charge is 0.407 e. The molecular weight excluding hydrogens is 432 g/mol. The predicted molar refractivity (Wildman–Crippen MR) is 128 cm³/mol. The van der Waals surface area contributed by atoms with Crippen molar-refractivity contribution >= 4 is 18.0 Å². The monoisotopic (exact) mass is 464 g/mol. The van der Waals surface area contributed by atoms with Crippen LogP contribution >= 0.6 is 0 Å². The third kappa shape index (κ3) is 5.58. The minimum atomic E-state index is -0.944. The van der Waals surface area contributed by atoms with Gasteiger partial charge in [-0.3, -0.25) is 9.59 Å². The maximum absolute atomic E-state index is 12.7. The molecule has 4 rings (SSSR count). The predicted octanol–water partition coefficient (Wildman–Crippen LogP) is 4.45. The van der Waals surface area contributed by atoms with Gasteiger partial charge in [-0.1, -0.05) is 61.4 Å². The highest BCUT2D eigenvalue weighted by Gasteiger charge is 2.31. The number of carbonyl (C=O) groups excluding carboxylic acids is 2. The zero-order valence-electron chi connectivity index (χ0n) is 19.5. The van der Waals surface area contributed by atoms with Crippen molar-refractivity contribution in [3.8, 4) is 11.1 Å². The number of hydrogen-bond donors (Lipinski definition) is 3. The summed E-state index contributed by atoms with van der Waals surface area (Å²) in [6.45, 7) is 1.93. The van der Waals surface area contributed by atoms with Crippen LogP contribution in [0.3, 0.4) is 0 Å². The van der Waals surface area contributed by atoms with Crippen LogP contribution < -0.4 is 10.6 Å². The number of carboxylic acids is 1. The molecule has 1 unspecified atom stereocenters. The number of hydrogen-bond acceptors (Lipinski definition) is 4. The van der Waals surface area contributed by atoms with Crippen LogP contribution in [0, 0.1) is 5.92 Å². The molecule has 0 bridgehead atoms. The fourth-order valence-corrected chi connectivity index (χ4v) is 5.32. The Hall–Kier alpha value is -3.35. The van der Waals surface area contributed by atoms with Crippen molar-refractivity contribution in [1.82, 2.24) is 10.6 Å². The molecule has 2 aromatic rings. The van der Waals surface area contributed by atoms with E-state index in [1.807, 2.05) is 24.3 Å². The fraction of sp³-hybridized carbons (Fsp3) is 0.444. The SMILES string of the molecule is CC(CC(=O)O)NC(=O)C[C@@H]1CCCC[C@@H]1NC(=O)OCC1c2ccccc2-c2ccccc21. The highest BCUT2D eigenvalue weighted by Crippen LogP contribution is 2.44. The molecule has 0 heterocycles. The molecule has 2 aliphatic carbocycles. The molecule has 2 aromatic carbocycles. The summed E-state index contributed by atoms with van der Waals surface area (Å²) in [6.07, 6.45) is 3.32. The van der Waals surface area contributed by atoms with Crippen LogP contribution in [0.5, 0.6) is 0 Å². The van der Waals surface area contributed by atoms with Crippen molar-refractivity contribution in [2.75, 3.05) is 6.61 Å². The highest BCUT2D eigenvalue weighted by atomic mass is 16.5. The van der Waals surface area contributed by atoms with Crippen LogP contribution in [0.4, 0.5) is 4.79 Å². The van der Waals surface area contributed by atoms with Crippen molar-refractivity contribution in [3.63, 3.8) is 0 Å². The maximum atomic E-state index is 12.7. The second kappa shape index (κ2) is 10.7. The second-order valence-corrected chi connectivity index (χ2v) is 9.39. The van der Waals surface area contributed by atoms with Gasteiger partial charge in [-0.2, -0.15) is 0 Å². The van der Waals surface area contributed by atoms with Gasteiger partial charge < -0.3 is 20.5 Å². The number of amides is 2. The number of aliphatic carboxylic acids is 1. The minimum absolute atomic E-state index is 0.00167. The van der Waals surface area contributed by atoms with Gasteiger partial charge in [-0.15, -0.1) is 0 Å². The first-order chi connectivity index (χ1) is 16.4. The van der Waals surface area contributed by atoms with E-state index in [2.05, 4.69) is 34.9 Å². The zero-order chi connectivity index (χ0) is 24.1. The van der Waals surface area contributed by atoms with E-state index in [0.717, 1.165) is 25.7 Å². The first-order valence-electron chi connectivity index (χ1n) is 12.0. The van der Waals surface area contributed by atoms with E-state index in [-0.39, 0.29) is 43.2 Å². The average molecular weight is 465 g/mol. The lowest BCUT2D eigenvalue weighted by atomic mass is 9.82. The van der Waals surface area contributed by atoms with Crippen LogP contribution in [-0.4, -0.2) is 41.8 Å². The van der Waals surface area contributed by atoms with Gasteiger partial charge >= 0.3 is 12.1 Å². The number of benzene rings is 2. The number of ether oxygens (including phenoxy) is 1. The highest BCUT2D eigenvalue weighted by molar-refractivity contribution is 5.79. The Bertz CT molecular complexity index is 1010. The average Bonchev–Trinajstić information content (AvgIpc) is 3.12. The second-order valence-electron chi connectivity index (χ2n) is 9.39. The Morgan fingerprint density at radius 1 is 1.00 bits per heavy atom. The van der Waals surface area contributed by atoms with E-state index in [1.54, 1.807) is 6.92 Å². The molecule has 0 saturated heterocycles. The Balaban J connectivity index is 1.33. The molecular formula is C27H32N2O5. The van der Waals surface area contributed by atoms with Crippen molar-refractivity contribution < 1.29 is 24.2 Å². The van der Waals surface area contributed by atoms with Gasteiger partial charge in [0.2, 0.25) is 5.91 Å². The summed E-state index contributed by atoms with van der Waals surface area (Å²) in [5, 5.41) is 14.6. The number of carbonyl (C=O) groups is 3. The summed E-state index contributed by atoms with van der Waals surface area (Å²) in [5.74, 6) is -1.12. The summed E-state index contributed by atoms with van der Waals surface area (Å²) in [7, 11) is 0. The molecule has 2 aliphatic rings. The summed E-state index contributed by atoms with van der Waals surface area (Å²) in [5.41, 5.74) is 4.70. The van der Waals surface area contributed by atoms with Gasteiger partial charge in [0.05, 0.1) is 6.42 Å². The Labute approximate surface area is 199 Å². The number of fused-ring (bicyclic) bond motifs is 3. The van der Waals surface area contributed by atoms with Gasteiger partial charge in [0.15, 0.2) is 0 Å². The van der Waals surface area contributed by atoms with Gasteiger partial charge in [0.25, 0.3) is 0 Å². The quantitative estimate of drug-likeness (QED) is 0.535. The van der Waals surface area contributed by atoms with Crippen LogP contribution in [-0.2, 0) is 14.3 Å². The first kappa shape index (κ1) is 23.8. The third-order valence-corrected chi connectivity index (χ3v) is 6.89. The number of rotatable bonds is 8. The van der Waals surface area contributed by atoms with Crippen molar-refractivity contribution in [2.24, 2.45) is 5.92 Å². The van der Waals surface area contributed by atoms with Gasteiger partial charge in [0.1, 0.15) is 6.61 Å². The third-order valence-electron chi connectivity index (χ3n) is 6.89. The van der Waals surface area contributed by atoms with E-state index in [0.29, 0.717) is 0 Å². The van der Waals surface area contributed by atoms with Crippen molar-refractivity contribution in [2.45, 2.75) is 63.5 Å². The first-order valence-corrected chi connectivity index (χ1v) is 12.0. The molecule has 7 heteroatoms. The fourth-order valence-electron chi connectivity index (χ4n) is 5.32. The lowest BCUT2D eigenvalue weighted by Crippen LogP contribution is -2.45. The summed E-state index contributed by atoms with van der Waals surface area (Å²) >= 11 is 0. The molecule has 0 aliphatic heterocycles. The van der Waals surface area contributed by atoms with Crippen LogP contribution in [0.1, 0.15) is 62.5 Å². The van der Waals surface area contributed by atoms with Gasteiger partial charge in [-0.25, -0.2) is 4.79 Å². The molecule has 2 amide bonds. The van der Waals surface area contributed by atoms with E-state index >= 15 is 0 Å². The summed E-state index contributed by atoms with van der Waals surface area (Å²) in [6, 6.07) is 15.9. The lowest BCUT2D eigenvalue weighted by molar-refractivity contribution is -0.137. The number of nitrogens with one attached hydrogen (secondary N) is 2. The zero-order valence-corrected chi connectivity index (χ0v) is 19.5.